The van der Waals surface area contributed by atoms with Crippen LogP contribution in [0, 0.1) is 0 Å². The van der Waals surface area contributed by atoms with Crippen LogP contribution in [0.5, 0.6) is 0 Å². The molecule has 2 atom stereocenters. The van der Waals surface area contributed by atoms with Crippen LogP contribution in [0.2, 0.25) is 0 Å². The van der Waals surface area contributed by atoms with E-state index < -0.39 is 0 Å². The molecule has 1 aliphatic rings. The number of thiophene rings is 1. The number of amides is 2. The molecule has 0 radical (unpaired) electrons. The molecule has 1 aromatic rings. The van der Waals surface area contributed by atoms with Gasteiger partial charge in [0.05, 0.1) is 5.25 Å². The van der Waals surface area contributed by atoms with E-state index in [1.807, 2.05) is 30.2 Å². The molecule has 1 fully saturated rings. The van der Waals surface area contributed by atoms with E-state index in [0.717, 1.165) is 5.56 Å². The Morgan fingerprint density at radius 1 is 1.53 bits per heavy atom. The quantitative estimate of drug-likeness (QED) is 0.907. The summed E-state index contributed by atoms with van der Waals surface area (Å²) in [5, 5.41) is 6.88. The highest BCUT2D eigenvalue weighted by atomic mass is 32.2. The van der Waals surface area contributed by atoms with Crippen molar-refractivity contribution < 1.29 is 9.59 Å². The summed E-state index contributed by atoms with van der Waals surface area (Å²) in [7, 11) is 0. The van der Waals surface area contributed by atoms with Gasteiger partial charge in [-0.25, -0.2) is 0 Å². The lowest BCUT2D eigenvalue weighted by molar-refractivity contribution is -0.130. The molecule has 2 amide bonds. The van der Waals surface area contributed by atoms with E-state index in [0.29, 0.717) is 19.5 Å². The fraction of sp³-hybridized carbons (Fsp3) is 0.538. The molecule has 0 aliphatic carbocycles. The molecule has 0 bridgehead atoms. The van der Waals surface area contributed by atoms with E-state index >= 15 is 0 Å². The maximum Gasteiger partial charge on any atom is 0.236 e. The highest BCUT2D eigenvalue weighted by Gasteiger charge is 2.38. The zero-order valence-electron chi connectivity index (χ0n) is 11.1. The molecule has 6 heteroatoms. The van der Waals surface area contributed by atoms with Gasteiger partial charge in [0.15, 0.2) is 0 Å². The fourth-order valence-corrected chi connectivity index (χ4v) is 4.15. The summed E-state index contributed by atoms with van der Waals surface area (Å²) in [6.07, 6.45) is 0.369. The van der Waals surface area contributed by atoms with Crippen LogP contribution >= 0.6 is 23.1 Å². The van der Waals surface area contributed by atoms with Crippen LogP contribution in [-0.2, 0) is 9.59 Å². The van der Waals surface area contributed by atoms with Crippen molar-refractivity contribution in [2.24, 2.45) is 0 Å². The average molecular weight is 298 g/mol. The second-order valence-corrected chi connectivity index (χ2v) is 6.63. The first-order chi connectivity index (χ1) is 9.13. The minimum atomic E-state index is -0.0286. The van der Waals surface area contributed by atoms with Crippen molar-refractivity contribution in [1.82, 2.24) is 10.2 Å². The average Bonchev–Trinajstić information content (AvgIpc) is 2.98. The minimum Gasteiger partial charge on any atom is -0.356 e. The van der Waals surface area contributed by atoms with E-state index in [4.69, 9.17) is 0 Å². The standard InChI is InChI=1S/C13H18N2O2S2/c1-3-14-11(16)4-6-15-12(17)9(2)19-13(15)10-5-7-18-8-10/h5,7-9,13H,3-4,6H2,1-2H3,(H,14,16)/t9-,13+/m0/s1. The number of nitrogens with one attached hydrogen (secondary N) is 1. The SMILES string of the molecule is CCNC(=O)CCN1C(=O)[C@H](C)S[C@@H]1c1ccsc1. The second-order valence-electron chi connectivity index (χ2n) is 4.42. The molecule has 0 saturated carbocycles. The predicted molar refractivity (Wildman–Crippen MR) is 79.1 cm³/mol. The molecule has 4 nitrogen and oxygen atoms in total. The van der Waals surface area contributed by atoms with Gasteiger partial charge in [-0.3, -0.25) is 9.59 Å². The van der Waals surface area contributed by atoms with Crippen LogP contribution in [0.15, 0.2) is 16.8 Å². The summed E-state index contributed by atoms with van der Waals surface area (Å²) < 4.78 is 0. The Morgan fingerprint density at radius 2 is 2.32 bits per heavy atom. The van der Waals surface area contributed by atoms with E-state index in [9.17, 15) is 9.59 Å². The van der Waals surface area contributed by atoms with Gasteiger partial charge in [0.2, 0.25) is 11.8 Å². The molecule has 104 valence electrons. The van der Waals surface area contributed by atoms with E-state index in [2.05, 4.69) is 10.7 Å². The Kier molecular flexibility index (Phi) is 4.87. The maximum absolute atomic E-state index is 12.2. The Labute approximate surface area is 121 Å². The zero-order chi connectivity index (χ0) is 13.8. The third kappa shape index (κ3) is 3.30. The van der Waals surface area contributed by atoms with E-state index in [-0.39, 0.29) is 22.4 Å². The summed E-state index contributed by atoms with van der Waals surface area (Å²) in [6.45, 7) is 4.94. The van der Waals surface area contributed by atoms with E-state index in [1.165, 1.54) is 0 Å². The van der Waals surface area contributed by atoms with Crippen molar-refractivity contribution in [1.29, 1.82) is 0 Å². The molecule has 1 saturated heterocycles. The van der Waals surface area contributed by atoms with Gasteiger partial charge in [0, 0.05) is 19.5 Å². The molecular formula is C13H18N2O2S2. The fourth-order valence-electron chi connectivity index (χ4n) is 2.08. The Bertz CT molecular complexity index is 448. The van der Waals surface area contributed by atoms with Gasteiger partial charge in [-0.1, -0.05) is 0 Å². The Balaban J connectivity index is 2.02. The number of thioether (sulfide) groups is 1. The monoisotopic (exact) mass is 298 g/mol. The summed E-state index contributed by atoms with van der Waals surface area (Å²) in [4.78, 5) is 25.5. The van der Waals surface area contributed by atoms with Crippen LogP contribution in [0.4, 0.5) is 0 Å². The highest BCUT2D eigenvalue weighted by Crippen LogP contribution is 2.43. The lowest BCUT2D eigenvalue weighted by Crippen LogP contribution is -2.34. The van der Waals surface area contributed by atoms with Gasteiger partial charge in [-0.15, -0.1) is 11.8 Å². The maximum atomic E-state index is 12.2. The Morgan fingerprint density at radius 3 is 2.95 bits per heavy atom. The summed E-state index contributed by atoms with van der Waals surface area (Å²) >= 11 is 3.29. The molecule has 0 unspecified atom stereocenters. The van der Waals surface area contributed by atoms with Gasteiger partial charge in [-0.05, 0) is 36.2 Å². The van der Waals surface area contributed by atoms with Crippen LogP contribution in [0.1, 0.15) is 31.2 Å². The largest absolute Gasteiger partial charge is 0.356 e. The number of hydrogen-bond acceptors (Lipinski definition) is 4. The molecule has 0 spiro atoms. The van der Waals surface area contributed by atoms with Gasteiger partial charge < -0.3 is 10.2 Å². The first-order valence-corrected chi connectivity index (χ1v) is 8.26. The van der Waals surface area contributed by atoms with Gasteiger partial charge in [0.1, 0.15) is 5.37 Å². The van der Waals surface area contributed by atoms with Gasteiger partial charge in [-0.2, -0.15) is 11.3 Å². The highest BCUT2D eigenvalue weighted by molar-refractivity contribution is 8.01. The third-order valence-electron chi connectivity index (χ3n) is 3.03. The Hall–Kier alpha value is -1.01. The van der Waals surface area contributed by atoms with E-state index in [1.54, 1.807) is 23.1 Å². The molecule has 2 rings (SSSR count). The number of hydrogen-bond donors (Lipinski definition) is 1. The lowest BCUT2D eigenvalue weighted by Gasteiger charge is -2.23. The number of nitrogens with zero attached hydrogens (tertiary/aromatic N) is 1. The molecule has 2 heterocycles. The van der Waals surface area contributed by atoms with Crippen molar-refractivity contribution in [3.63, 3.8) is 0 Å². The first-order valence-electron chi connectivity index (χ1n) is 6.38. The number of rotatable bonds is 5. The van der Waals surface area contributed by atoms with Crippen LogP contribution in [-0.4, -0.2) is 35.1 Å². The predicted octanol–water partition coefficient (Wildman–Crippen LogP) is 2.24. The molecule has 0 aromatic carbocycles. The minimum absolute atomic E-state index is 0.00363. The molecular weight excluding hydrogens is 280 g/mol. The van der Waals surface area contributed by atoms with Crippen LogP contribution in [0.25, 0.3) is 0 Å². The summed E-state index contributed by atoms with van der Waals surface area (Å²) in [5.41, 5.74) is 1.16. The van der Waals surface area contributed by atoms with Crippen molar-refractivity contribution in [3.05, 3.63) is 22.4 Å². The lowest BCUT2D eigenvalue weighted by atomic mass is 10.2. The summed E-state index contributed by atoms with van der Waals surface area (Å²) in [6, 6.07) is 2.05. The molecule has 19 heavy (non-hydrogen) atoms. The molecule has 1 N–H and O–H groups in total. The molecule has 1 aromatic heterocycles. The van der Waals surface area contributed by atoms with Crippen molar-refractivity contribution in [2.75, 3.05) is 13.1 Å². The summed E-state index contributed by atoms with van der Waals surface area (Å²) in [5.74, 6) is 0.134. The second kappa shape index (κ2) is 6.43. The van der Waals surface area contributed by atoms with Crippen LogP contribution < -0.4 is 5.32 Å². The first kappa shape index (κ1) is 14.4. The van der Waals surface area contributed by atoms with Crippen molar-refractivity contribution in [2.45, 2.75) is 30.9 Å². The van der Waals surface area contributed by atoms with Crippen LogP contribution in [0.3, 0.4) is 0 Å². The topological polar surface area (TPSA) is 49.4 Å². The van der Waals surface area contributed by atoms with Crippen molar-refractivity contribution in [3.8, 4) is 0 Å². The van der Waals surface area contributed by atoms with Gasteiger partial charge in [0.25, 0.3) is 0 Å². The molecule has 1 aliphatic heterocycles. The normalized spacial score (nSPS) is 22.8. The van der Waals surface area contributed by atoms with Crippen molar-refractivity contribution >= 4 is 34.9 Å². The number of carbonyl (C=O) groups is 2. The smallest absolute Gasteiger partial charge is 0.236 e. The third-order valence-corrected chi connectivity index (χ3v) is 5.12. The zero-order valence-corrected chi connectivity index (χ0v) is 12.7. The number of carbonyl (C=O) groups excluding carboxylic acids is 2. The van der Waals surface area contributed by atoms with Gasteiger partial charge >= 0.3 is 0 Å².